The Labute approximate surface area is 89.0 Å². The van der Waals surface area contributed by atoms with E-state index in [1.807, 2.05) is 11.3 Å². The standard InChI is InChI=1S/C11H17NOS/c1-8(13)6-12-7-10-5-9-3-2-4-11(9)14-10/h5,8,12-13H,2-4,6-7H2,1H3. The quantitative estimate of drug-likeness (QED) is 0.794. The van der Waals surface area contributed by atoms with Crippen molar-refractivity contribution in [2.45, 2.75) is 38.8 Å². The van der Waals surface area contributed by atoms with Crippen molar-refractivity contribution < 1.29 is 5.11 Å². The van der Waals surface area contributed by atoms with Crippen molar-refractivity contribution in [3.05, 3.63) is 21.4 Å². The summed E-state index contributed by atoms with van der Waals surface area (Å²) in [4.78, 5) is 2.99. The number of nitrogens with one attached hydrogen (secondary N) is 1. The average molecular weight is 211 g/mol. The number of aryl methyl sites for hydroxylation is 2. The van der Waals surface area contributed by atoms with E-state index < -0.39 is 0 Å². The van der Waals surface area contributed by atoms with Gasteiger partial charge in [0.05, 0.1) is 6.10 Å². The van der Waals surface area contributed by atoms with Crippen LogP contribution in [-0.2, 0) is 19.4 Å². The molecule has 1 atom stereocenters. The molecule has 1 aromatic heterocycles. The van der Waals surface area contributed by atoms with Gasteiger partial charge in [-0.25, -0.2) is 0 Å². The van der Waals surface area contributed by atoms with Crippen molar-refractivity contribution in [2.24, 2.45) is 0 Å². The molecule has 14 heavy (non-hydrogen) atoms. The Kier molecular flexibility index (Phi) is 3.21. The number of aliphatic hydroxyl groups excluding tert-OH is 1. The van der Waals surface area contributed by atoms with Gasteiger partial charge in [0.1, 0.15) is 0 Å². The first-order valence-electron chi connectivity index (χ1n) is 5.25. The smallest absolute Gasteiger partial charge is 0.0636 e. The Bertz CT molecular complexity index is 285. The highest BCUT2D eigenvalue weighted by atomic mass is 32.1. The molecule has 0 spiro atoms. The lowest BCUT2D eigenvalue weighted by Gasteiger charge is -2.04. The molecule has 2 rings (SSSR count). The zero-order valence-electron chi connectivity index (χ0n) is 8.55. The first-order chi connectivity index (χ1) is 6.75. The minimum absolute atomic E-state index is 0.248. The molecule has 0 saturated carbocycles. The summed E-state index contributed by atoms with van der Waals surface area (Å²) >= 11 is 1.93. The van der Waals surface area contributed by atoms with Crippen LogP contribution in [0.15, 0.2) is 6.07 Å². The molecule has 0 radical (unpaired) electrons. The Morgan fingerprint density at radius 3 is 3.14 bits per heavy atom. The van der Waals surface area contributed by atoms with E-state index in [0.29, 0.717) is 6.54 Å². The highest BCUT2D eigenvalue weighted by Crippen LogP contribution is 2.30. The molecule has 1 unspecified atom stereocenters. The lowest BCUT2D eigenvalue weighted by molar-refractivity contribution is 0.191. The largest absolute Gasteiger partial charge is 0.392 e. The van der Waals surface area contributed by atoms with Crippen molar-refractivity contribution in [3.8, 4) is 0 Å². The maximum absolute atomic E-state index is 9.09. The topological polar surface area (TPSA) is 32.3 Å². The second-order valence-electron chi connectivity index (χ2n) is 3.99. The molecule has 0 aliphatic heterocycles. The minimum Gasteiger partial charge on any atom is -0.392 e. The second-order valence-corrected chi connectivity index (χ2v) is 5.22. The third-order valence-corrected chi connectivity index (χ3v) is 3.77. The molecule has 0 amide bonds. The minimum atomic E-state index is -0.248. The molecule has 0 bridgehead atoms. The van der Waals surface area contributed by atoms with Gasteiger partial charge in [-0.1, -0.05) is 0 Å². The van der Waals surface area contributed by atoms with Crippen LogP contribution in [0.5, 0.6) is 0 Å². The lowest BCUT2D eigenvalue weighted by Crippen LogP contribution is -2.23. The fourth-order valence-electron chi connectivity index (χ4n) is 1.88. The maximum atomic E-state index is 9.09. The average Bonchev–Trinajstić information content (AvgIpc) is 2.62. The van der Waals surface area contributed by atoms with E-state index >= 15 is 0 Å². The highest BCUT2D eigenvalue weighted by molar-refractivity contribution is 7.12. The summed E-state index contributed by atoms with van der Waals surface area (Å²) in [5, 5.41) is 12.3. The second kappa shape index (κ2) is 4.43. The van der Waals surface area contributed by atoms with Crippen LogP contribution in [0.3, 0.4) is 0 Å². The summed E-state index contributed by atoms with van der Waals surface area (Å²) in [6, 6.07) is 2.32. The Hall–Kier alpha value is -0.380. The number of thiophene rings is 1. The molecule has 0 fully saturated rings. The van der Waals surface area contributed by atoms with Gasteiger partial charge in [-0.15, -0.1) is 11.3 Å². The summed E-state index contributed by atoms with van der Waals surface area (Å²) in [5.41, 5.74) is 1.56. The number of fused-ring (bicyclic) bond motifs is 1. The summed E-state index contributed by atoms with van der Waals surface area (Å²) in [5.74, 6) is 0. The summed E-state index contributed by atoms with van der Waals surface area (Å²) in [6.45, 7) is 3.40. The van der Waals surface area contributed by atoms with Crippen molar-refractivity contribution in [3.63, 3.8) is 0 Å². The third kappa shape index (κ3) is 2.35. The SMILES string of the molecule is CC(O)CNCc1cc2c(s1)CCC2. The molecule has 1 heterocycles. The van der Waals surface area contributed by atoms with Gasteiger partial charge in [-0.3, -0.25) is 0 Å². The number of rotatable bonds is 4. The Morgan fingerprint density at radius 2 is 2.43 bits per heavy atom. The predicted molar refractivity (Wildman–Crippen MR) is 59.7 cm³/mol. The van der Waals surface area contributed by atoms with Crippen LogP contribution in [0.4, 0.5) is 0 Å². The Morgan fingerprint density at radius 1 is 1.57 bits per heavy atom. The first-order valence-corrected chi connectivity index (χ1v) is 6.06. The summed E-state index contributed by atoms with van der Waals surface area (Å²) in [7, 11) is 0. The van der Waals surface area contributed by atoms with Gasteiger partial charge in [-0.2, -0.15) is 0 Å². The molecule has 1 aliphatic carbocycles. The molecule has 0 saturated heterocycles. The molecule has 2 N–H and O–H groups in total. The van der Waals surface area contributed by atoms with Crippen LogP contribution < -0.4 is 5.32 Å². The van der Waals surface area contributed by atoms with Crippen LogP contribution >= 0.6 is 11.3 Å². The lowest BCUT2D eigenvalue weighted by atomic mass is 10.2. The van der Waals surface area contributed by atoms with Gasteiger partial charge >= 0.3 is 0 Å². The van der Waals surface area contributed by atoms with E-state index in [0.717, 1.165) is 6.54 Å². The van der Waals surface area contributed by atoms with E-state index in [9.17, 15) is 0 Å². The molecule has 1 aromatic rings. The van der Waals surface area contributed by atoms with Gasteiger partial charge in [0.25, 0.3) is 0 Å². The highest BCUT2D eigenvalue weighted by Gasteiger charge is 2.14. The zero-order chi connectivity index (χ0) is 9.97. The van der Waals surface area contributed by atoms with Crippen LogP contribution in [-0.4, -0.2) is 17.8 Å². The summed E-state index contributed by atoms with van der Waals surface area (Å²) < 4.78 is 0. The van der Waals surface area contributed by atoms with Gasteiger partial charge in [-0.05, 0) is 37.8 Å². The number of hydrogen-bond donors (Lipinski definition) is 2. The maximum Gasteiger partial charge on any atom is 0.0636 e. The van der Waals surface area contributed by atoms with Crippen molar-refractivity contribution in [1.82, 2.24) is 5.32 Å². The van der Waals surface area contributed by atoms with Crippen molar-refractivity contribution in [2.75, 3.05) is 6.54 Å². The van der Waals surface area contributed by atoms with E-state index in [2.05, 4.69) is 11.4 Å². The fourth-order valence-corrected chi connectivity index (χ4v) is 3.11. The summed E-state index contributed by atoms with van der Waals surface area (Å²) in [6.07, 6.45) is 3.63. The van der Waals surface area contributed by atoms with E-state index in [-0.39, 0.29) is 6.10 Å². The molecule has 3 heteroatoms. The molecular weight excluding hydrogens is 194 g/mol. The van der Waals surface area contributed by atoms with Gasteiger partial charge in [0.2, 0.25) is 0 Å². The van der Waals surface area contributed by atoms with Gasteiger partial charge in [0.15, 0.2) is 0 Å². The van der Waals surface area contributed by atoms with Gasteiger partial charge in [0, 0.05) is 22.8 Å². The molecule has 78 valence electrons. The zero-order valence-corrected chi connectivity index (χ0v) is 9.36. The van der Waals surface area contributed by atoms with Crippen LogP contribution in [0.25, 0.3) is 0 Å². The molecule has 2 nitrogen and oxygen atoms in total. The fraction of sp³-hybridized carbons (Fsp3) is 0.636. The predicted octanol–water partition coefficient (Wildman–Crippen LogP) is 1.71. The molecule has 0 aromatic carbocycles. The molecular formula is C11H17NOS. The Balaban J connectivity index is 1.85. The van der Waals surface area contributed by atoms with Crippen LogP contribution in [0.2, 0.25) is 0 Å². The number of aliphatic hydroxyl groups is 1. The van der Waals surface area contributed by atoms with Gasteiger partial charge < -0.3 is 10.4 Å². The first kappa shape index (κ1) is 10.1. The van der Waals surface area contributed by atoms with E-state index in [1.165, 1.54) is 24.1 Å². The van der Waals surface area contributed by atoms with E-state index in [4.69, 9.17) is 5.11 Å². The van der Waals surface area contributed by atoms with Crippen LogP contribution in [0.1, 0.15) is 28.7 Å². The normalized spacial score (nSPS) is 17.0. The third-order valence-electron chi connectivity index (χ3n) is 2.54. The monoisotopic (exact) mass is 211 g/mol. The van der Waals surface area contributed by atoms with Crippen molar-refractivity contribution in [1.29, 1.82) is 0 Å². The number of hydrogen-bond acceptors (Lipinski definition) is 3. The molecule has 1 aliphatic rings. The van der Waals surface area contributed by atoms with E-state index in [1.54, 1.807) is 17.4 Å². The van der Waals surface area contributed by atoms with Crippen molar-refractivity contribution >= 4 is 11.3 Å². The van der Waals surface area contributed by atoms with Crippen LogP contribution in [0, 0.1) is 0 Å².